The van der Waals surface area contributed by atoms with E-state index in [1.54, 1.807) is 19.1 Å². The molecule has 1 aromatic rings. The van der Waals surface area contributed by atoms with E-state index in [0.29, 0.717) is 24.3 Å². The normalized spacial score (nSPS) is 16.1. The quantitative estimate of drug-likeness (QED) is 0.821. The van der Waals surface area contributed by atoms with Crippen LogP contribution >= 0.6 is 0 Å². The summed E-state index contributed by atoms with van der Waals surface area (Å²) in [6.45, 7) is 5.93. The van der Waals surface area contributed by atoms with Crippen molar-refractivity contribution < 1.29 is 14.2 Å². The van der Waals surface area contributed by atoms with Crippen molar-refractivity contribution >= 4 is 0 Å². The zero-order chi connectivity index (χ0) is 13.8. The Kier molecular flexibility index (Phi) is 5.11. The van der Waals surface area contributed by atoms with Crippen molar-refractivity contribution in [1.82, 2.24) is 5.32 Å². The first-order valence-corrected chi connectivity index (χ1v) is 6.19. The summed E-state index contributed by atoms with van der Waals surface area (Å²) in [4.78, 5) is 0. The third-order valence-electron chi connectivity index (χ3n) is 3.22. The largest absolute Gasteiger partial charge is 0.496 e. The molecule has 1 rings (SSSR count). The van der Waals surface area contributed by atoms with Gasteiger partial charge in [-0.25, -0.2) is 4.39 Å². The first-order valence-electron chi connectivity index (χ1n) is 6.19. The summed E-state index contributed by atoms with van der Waals surface area (Å²) in [5, 5.41) is 13.1. The van der Waals surface area contributed by atoms with Crippen LogP contribution in [0.4, 0.5) is 4.39 Å². The summed E-state index contributed by atoms with van der Waals surface area (Å²) < 4.78 is 19.0. The lowest BCUT2D eigenvalue weighted by atomic mass is 10.0. The van der Waals surface area contributed by atoms with Gasteiger partial charge in [-0.05, 0) is 32.4 Å². The van der Waals surface area contributed by atoms with E-state index in [4.69, 9.17) is 4.74 Å². The molecule has 4 heteroatoms. The van der Waals surface area contributed by atoms with Gasteiger partial charge in [-0.3, -0.25) is 0 Å². The molecule has 0 fully saturated rings. The van der Waals surface area contributed by atoms with Crippen molar-refractivity contribution in [2.24, 2.45) is 0 Å². The Hall–Kier alpha value is -1.13. The second-order valence-electron chi connectivity index (χ2n) is 4.81. The number of methoxy groups -OCH3 is 1. The van der Waals surface area contributed by atoms with E-state index in [0.717, 1.165) is 0 Å². The molecule has 0 saturated heterocycles. The molecule has 2 atom stereocenters. The smallest absolute Gasteiger partial charge is 0.131 e. The lowest BCUT2D eigenvalue weighted by Gasteiger charge is -2.25. The molecule has 0 aliphatic carbocycles. The van der Waals surface area contributed by atoms with Crippen LogP contribution in [0.1, 0.15) is 38.8 Å². The fourth-order valence-corrected chi connectivity index (χ4v) is 1.72. The standard InChI is InChI=1S/C14H22FNO2/c1-5-14(3,17)9-16-10(2)13-11(15)7-6-8-12(13)18-4/h6-8,10,16-17H,5,9H2,1-4H3. The fourth-order valence-electron chi connectivity index (χ4n) is 1.72. The van der Waals surface area contributed by atoms with Gasteiger partial charge in [-0.15, -0.1) is 0 Å². The number of ether oxygens (including phenoxy) is 1. The van der Waals surface area contributed by atoms with Gasteiger partial charge in [0.25, 0.3) is 0 Å². The van der Waals surface area contributed by atoms with Crippen molar-refractivity contribution in [3.63, 3.8) is 0 Å². The number of hydrogen-bond acceptors (Lipinski definition) is 3. The molecule has 18 heavy (non-hydrogen) atoms. The van der Waals surface area contributed by atoms with Crippen LogP contribution in [0.3, 0.4) is 0 Å². The highest BCUT2D eigenvalue weighted by Crippen LogP contribution is 2.27. The van der Waals surface area contributed by atoms with Gasteiger partial charge in [-0.1, -0.05) is 13.0 Å². The third kappa shape index (κ3) is 3.68. The van der Waals surface area contributed by atoms with Crippen molar-refractivity contribution in [1.29, 1.82) is 0 Å². The molecule has 2 N–H and O–H groups in total. The molecule has 0 aromatic heterocycles. The maximum absolute atomic E-state index is 13.8. The lowest BCUT2D eigenvalue weighted by molar-refractivity contribution is 0.0531. The van der Waals surface area contributed by atoms with Crippen LogP contribution in [0.25, 0.3) is 0 Å². The SMILES string of the molecule is CCC(C)(O)CNC(C)c1c(F)cccc1OC. The maximum atomic E-state index is 13.8. The zero-order valence-corrected chi connectivity index (χ0v) is 11.5. The van der Waals surface area contributed by atoms with Crippen molar-refractivity contribution in [3.05, 3.63) is 29.6 Å². The van der Waals surface area contributed by atoms with Crippen molar-refractivity contribution in [2.75, 3.05) is 13.7 Å². The predicted molar refractivity (Wildman–Crippen MR) is 70.3 cm³/mol. The molecule has 102 valence electrons. The molecule has 0 aliphatic heterocycles. The predicted octanol–water partition coefficient (Wildman–Crippen LogP) is 2.65. The Morgan fingerprint density at radius 1 is 1.50 bits per heavy atom. The van der Waals surface area contributed by atoms with Crippen LogP contribution < -0.4 is 10.1 Å². The van der Waals surface area contributed by atoms with E-state index in [2.05, 4.69) is 5.32 Å². The molecule has 3 nitrogen and oxygen atoms in total. The molecule has 0 spiro atoms. The Labute approximate surface area is 108 Å². The third-order valence-corrected chi connectivity index (χ3v) is 3.22. The van der Waals surface area contributed by atoms with Crippen molar-refractivity contribution in [2.45, 2.75) is 38.8 Å². The van der Waals surface area contributed by atoms with Gasteiger partial charge in [0.2, 0.25) is 0 Å². The number of aliphatic hydroxyl groups is 1. The summed E-state index contributed by atoms with van der Waals surface area (Å²) in [5.74, 6) is 0.219. The van der Waals surface area contributed by atoms with Gasteiger partial charge in [-0.2, -0.15) is 0 Å². The van der Waals surface area contributed by atoms with Crippen LogP contribution in [-0.4, -0.2) is 24.4 Å². The molecular weight excluding hydrogens is 233 g/mol. The summed E-state index contributed by atoms with van der Waals surface area (Å²) in [7, 11) is 1.52. The molecule has 0 amide bonds. The highest BCUT2D eigenvalue weighted by atomic mass is 19.1. The molecule has 0 bridgehead atoms. The fraction of sp³-hybridized carbons (Fsp3) is 0.571. The van der Waals surface area contributed by atoms with Gasteiger partial charge in [0, 0.05) is 18.2 Å². The molecule has 0 heterocycles. The summed E-state index contributed by atoms with van der Waals surface area (Å²) in [6.07, 6.45) is 0.640. The van der Waals surface area contributed by atoms with Crippen LogP contribution in [-0.2, 0) is 0 Å². The molecule has 0 saturated carbocycles. The summed E-state index contributed by atoms with van der Waals surface area (Å²) in [6, 6.07) is 4.54. The number of rotatable bonds is 6. The molecule has 0 radical (unpaired) electrons. The number of nitrogens with one attached hydrogen (secondary N) is 1. The highest BCUT2D eigenvalue weighted by molar-refractivity contribution is 5.36. The average molecular weight is 255 g/mol. The van der Waals surface area contributed by atoms with E-state index < -0.39 is 5.60 Å². The Morgan fingerprint density at radius 2 is 2.17 bits per heavy atom. The maximum Gasteiger partial charge on any atom is 0.131 e. The first kappa shape index (κ1) is 14.9. The van der Waals surface area contributed by atoms with Crippen LogP contribution in [0.5, 0.6) is 5.75 Å². The molecular formula is C14H22FNO2. The minimum Gasteiger partial charge on any atom is -0.496 e. The van der Waals surface area contributed by atoms with E-state index in [9.17, 15) is 9.50 Å². The number of benzene rings is 1. The van der Waals surface area contributed by atoms with E-state index in [1.165, 1.54) is 13.2 Å². The molecule has 0 aliphatic rings. The summed E-state index contributed by atoms with van der Waals surface area (Å²) in [5.41, 5.74) is -0.292. The lowest BCUT2D eigenvalue weighted by Crippen LogP contribution is -2.38. The van der Waals surface area contributed by atoms with Crippen LogP contribution in [0.2, 0.25) is 0 Å². The number of hydrogen-bond donors (Lipinski definition) is 2. The van der Waals surface area contributed by atoms with Gasteiger partial charge in [0.05, 0.1) is 12.7 Å². The monoisotopic (exact) mass is 255 g/mol. The summed E-state index contributed by atoms with van der Waals surface area (Å²) >= 11 is 0. The first-order chi connectivity index (χ1) is 8.41. The van der Waals surface area contributed by atoms with Gasteiger partial charge < -0.3 is 15.2 Å². The highest BCUT2D eigenvalue weighted by Gasteiger charge is 2.21. The minimum atomic E-state index is -0.785. The number of halogens is 1. The van der Waals surface area contributed by atoms with Gasteiger partial charge >= 0.3 is 0 Å². The average Bonchev–Trinajstić information content (AvgIpc) is 2.35. The van der Waals surface area contributed by atoms with Gasteiger partial charge in [0.1, 0.15) is 11.6 Å². The van der Waals surface area contributed by atoms with Crippen LogP contribution in [0, 0.1) is 5.82 Å². The minimum absolute atomic E-state index is 0.223. The second kappa shape index (κ2) is 6.16. The van der Waals surface area contributed by atoms with E-state index in [1.807, 2.05) is 13.8 Å². The molecule has 2 unspecified atom stereocenters. The zero-order valence-electron chi connectivity index (χ0n) is 11.5. The van der Waals surface area contributed by atoms with E-state index >= 15 is 0 Å². The van der Waals surface area contributed by atoms with Crippen molar-refractivity contribution in [3.8, 4) is 5.75 Å². The van der Waals surface area contributed by atoms with Crippen LogP contribution in [0.15, 0.2) is 18.2 Å². The van der Waals surface area contributed by atoms with E-state index in [-0.39, 0.29) is 11.9 Å². The Balaban J connectivity index is 2.81. The molecule has 1 aromatic carbocycles. The second-order valence-corrected chi connectivity index (χ2v) is 4.81. The van der Waals surface area contributed by atoms with Gasteiger partial charge in [0.15, 0.2) is 0 Å². The topological polar surface area (TPSA) is 41.5 Å². The Morgan fingerprint density at radius 3 is 2.72 bits per heavy atom. The Bertz CT molecular complexity index is 393.